The lowest BCUT2D eigenvalue weighted by Crippen LogP contribution is -2.50. The summed E-state index contributed by atoms with van der Waals surface area (Å²) in [6, 6.07) is 3.07. The highest BCUT2D eigenvalue weighted by molar-refractivity contribution is 7.89. The fourth-order valence-electron chi connectivity index (χ4n) is 5.01. The zero-order chi connectivity index (χ0) is 26.3. The second kappa shape index (κ2) is 10.4. The number of aliphatic hydroxyl groups excluding tert-OH is 1. The Hall–Kier alpha value is -2.38. The quantitative estimate of drug-likeness (QED) is 0.514. The predicted octanol–water partition coefficient (Wildman–Crippen LogP) is 3.02. The minimum Gasteiger partial charge on any atom is -0.466 e. The average Bonchev–Trinajstić information content (AvgIpc) is 3.41. The summed E-state index contributed by atoms with van der Waals surface area (Å²) in [4.78, 5) is 22.2. The molecule has 2 aromatic rings. The minimum absolute atomic E-state index is 0.124. The highest BCUT2D eigenvalue weighted by Crippen LogP contribution is 2.40. The van der Waals surface area contributed by atoms with E-state index in [9.17, 15) is 22.7 Å². The SMILES string of the molecule is COC(=O)C1=C(C2CCN(S(=O)(=O)[C@H]3C[C@H](O)C3)CC2)NC(c2nccs2)=N[C@@H]1c1ccc(F)cc1Cl. The van der Waals surface area contributed by atoms with Crippen LogP contribution >= 0.6 is 22.9 Å². The number of nitrogens with one attached hydrogen (secondary N) is 1. The topological polar surface area (TPSA) is 121 Å². The fourth-order valence-corrected chi connectivity index (χ4v) is 7.94. The van der Waals surface area contributed by atoms with Crippen LogP contribution < -0.4 is 5.32 Å². The van der Waals surface area contributed by atoms with E-state index in [1.165, 1.54) is 41.0 Å². The first-order valence-electron chi connectivity index (χ1n) is 11.9. The van der Waals surface area contributed by atoms with Gasteiger partial charge in [0.05, 0.1) is 24.0 Å². The summed E-state index contributed by atoms with van der Waals surface area (Å²) in [5, 5.41) is 14.8. The Kier molecular flexibility index (Phi) is 7.38. The Balaban J connectivity index is 1.50. The highest BCUT2D eigenvalue weighted by Gasteiger charge is 2.43. The maximum Gasteiger partial charge on any atom is 0.338 e. The number of hydrogen-bond acceptors (Lipinski definition) is 9. The molecule has 198 valence electrons. The van der Waals surface area contributed by atoms with Gasteiger partial charge in [-0.1, -0.05) is 17.7 Å². The summed E-state index contributed by atoms with van der Waals surface area (Å²) in [6.07, 6.45) is 2.53. The molecule has 1 saturated heterocycles. The van der Waals surface area contributed by atoms with Crippen LogP contribution in [0, 0.1) is 11.7 Å². The molecule has 0 spiro atoms. The zero-order valence-corrected chi connectivity index (χ0v) is 22.3. The second-order valence-corrected chi connectivity index (χ2v) is 12.8. The average molecular weight is 569 g/mol. The monoisotopic (exact) mass is 568 g/mol. The van der Waals surface area contributed by atoms with Crippen LogP contribution in [-0.4, -0.2) is 66.2 Å². The zero-order valence-electron chi connectivity index (χ0n) is 19.9. The van der Waals surface area contributed by atoms with Crippen molar-refractivity contribution in [2.75, 3.05) is 20.2 Å². The number of thiazole rings is 1. The molecule has 13 heteroatoms. The Morgan fingerprint density at radius 2 is 2.03 bits per heavy atom. The molecule has 3 aliphatic rings. The molecular weight excluding hydrogens is 543 g/mol. The van der Waals surface area contributed by atoms with Gasteiger partial charge in [-0.3, -0.25) is 4.99 Å². The Morgan fingerprint density at radius 3 is 2.62 bits per heavy atom. The van der Waals surface area contributed by atoms with Gasteiger partial charge in [-0.25, -0.2) is 26.9 Å². The molecule has 1 atom stereocenters. The number of esters is 1. The first-order valence-corrected chi connectivity index (χ1v) is 14.6. The molecule has 1 aliphatic carbocycles. The third-order valence-electron chi connectivity index (χ3n) is 7.09. The van der Waals surface area contributed by atoms with Gasteiger partial charge in [0.15, 0.2) is 10.8 Å². The Morgan fingerprint density at radius 1 is 1.30 bits per heavy atom. The molecule has 1 aromatic heterocycles. The van der Waals surface area contributed by atoms with E-state index in [2.05, 4.69) is 10.3 Å². The summed E-state index contributed by atoms with van der Waals surface area (Å²) in [5.41, 5.74) is 1.27. The van der Waals surface area contributed by atoms with Crippen LogP contribution in [-0.2, 0) is 19.6 Å². The minimum atomic E-state index is -3.50. The van der Waals surface area contributed by atoms with Gasteiger partial charge in [0.2, 0.25) is 10.0 Å². The summed E-state index contributed by atoms with van der Waals surface area (Å²) < 4.78 is 46.4. The van der Waals surface area contributed by atoms with Gasteiger partial charge in [-0.2, -0.15) is 0 Å². The lowest BCUT2D eigenvalue weighted by Gasteiger charge is -2.39. The lowest BCUT2D eigenvalue weighted by molar-refractivity contribution is -0.136. The summed E-state index contributed by atoms with van der Waals surface area (Å²) >= 11 is 7.77. The van der Waals surface area contributed by atoms with E-state index >= 15 is 0 Å². The number of carbonyl (C=O) groups is 1. The van der Waals surface area contributed by atoms with Crippen LogP contribution in [0.2, 0.25) is 5.02 Å². The molecule has 0 unspecified atom stereocenters. The number of carbonyl (C=O) groups excluding carboxylic acids is 1. The number of aliphatic imine (C=N–C) groups is 1. The summed E-state index contributed by atoms with van der Waals surface area (Å²) in [7, 11) is -2.22. The van der Waals surface area contributed by atoms with Crippen molar-refractivity contribution in [1.29, 1.82) is 0 Å². The van der Waals surface area contributed by atoms with Crippen LogP contribution in [0.1, 0.15) is 42.3 Å². The van der Waals surface area contributed by atoms with Crippen LogP contribution in [0.3, 0.4) is 0 Å². The molecule has 1 saturated carbocycles. The van der Waals surface area contributed by atoms with E-state index in [-0.39, 0.29) is 42.4 Å². The molecule has 9 nitrogen and oxygen atoms in total. The van der Waals surface area contributed by atoms with Crippen molar-refractivity contribution in [3.8, 4) is 0 Å². The van der Waals surface area contributed by atoms with Gasteiger partial charge >= 0.3 is 5.97 Å². The number of piperidine rings is 1. The van der Waals surface area contributed by atoms with E-state index in [0.29, 0.717) is 34.9 Å². The van der Waals surface area contributed by atoms with Gasteiger partial charge in [-0.15, -0.1) is 11.3 Å². The molecule has 5 rings (SSSR count). The van der Waals surface area contributed by atoms with E-state index in [4.69, 9.17) is 21.3 Å². The van der Waals surface area contributed by atoms with Gasteiger partial charge in [-0.05, 0) is 37.8 Å². The Bertz CT molecular complexity index is 1350. The van der Waals surface area contributed by atoms with E-state index in [1.54, 1.807) is 11.6 Å². The van der Waals surface area contributed by atoms with E-state index in [0.717, 1.165) is 0 Å². The van der Waals surface area contributed by atoms with Gasteiger partial charge in [0.1, 0.15) is 11.9 Å². The number of sulfonamides is 1. The maximum absolute atomic E-state index is 13.8. The van der Waals surface area contributed by atoms with Gasteiger partial charge in [0.25, 0.3) is 0 Å². The number of rotatable bonds is 6. The molecule has 2 N–H and O–H groups in total. The van der Waals surface area contributed by atoms with Crippen LogP contribution in [0.25, 0.3) is 0 Å². The Labute approximate surface area is 223 Å². The van der Waals surface area contributed by atoms with Gasteiger partial charge < -0.3 is 15.2 Å². The maximum atomic E-state index is 13.8. The van der Waals surface area contributed by atoms with Crippen molar-refractivity contribution >= 4 is 44.8 Å². The first kappa shape index (κ1) is 26.2. The predicted molar refractivity (Wildman–Crippen MR) is 137 cm³/mol. The number of halogens is 2. The molecule has 0 radical (unpaired) electrons. The summed E-state index contributed by atoms with van der Waals surface area (Å²) in [5.74, 6) is -0.863. The third kappa shape index (κ3) is 5.05. The number of benzene rings is 1. The number of allylic oxidation sites excluding steroid dienone is 1. The molecule has 1 aromatic carbocycles. The number of amidine groups is 1. The molecule has 3 heterocycles. The van der Waals surface area contributed by atoms with E-state index < -0.39 is 39.2 Å². The molecular formula is C24H26ClFN4O5S2. The number of aliphatic hydroxyl groups is 1. The summed E-state index contributed by atoms with van der Waals surface area (Å²) in [6.45, 7) is 0.565. The number of nitrogens with zero attached hydrogens (tertiary/aromatic N) is 3. The number of ether oxygens (including phenoxy) is 1. The molecule has 0 bridgehead atoms. The number of hydrogen-bond donors (Lipinski definition) is 2. The fraction of sp³-hybridized carbons (Fsp3) is 0.458. The standard InChI is InChI=1S/C24H26ClFN4O5S2/c1-35-24(32)19-20(13-4-7-30(8-5-13)37(33,34)16-11-15(31)12-16)28-22(23-27-6-9-36-23)29-21(19)17-3-2-14(26)10-18(17)25/h2-3,6,9-10,13,15-16,21,31H,4-5,7-8,11-12H2,1H3,(H,28,29)/t15-,16-,21-/m1/s1. The molecule has 2 aliphatic heterocycles. The van der Waals surface area contributed by atoms with Crippen molar-refractivity contribution in [1.82, 2.24) is 14.6 Å². The molecule has 2 fully saturated rings. The van der Waals surface area contributed by atoms with Crippen molar-refractivity contribution < 1.29 is 27.4 Å². The smallest absolute Gasteiger partial charge is 0.338 e. The van der Waals surface area contributed by atoms with Crippen LogP contribution in [0.5, 0.6) is 0 Å². The highest BCUT2D eigenvalue weighted by atomic mass is 35.5. The van der Waals surface area contributed by atoms with Gasteiger partial charge in [0, 0.05) is 46.9 Å². The van der Waals surface area contributed by atoms with Crippen molar-refractivity contribution in [2.45, 2.75) is 43.1 Å². The first-order chi connectivity index (χ1) is 17.7. The van der Waals surface area contributed by atoms with Crippen LogP contribution in [0.4, 0.5) is 4.39 Å². The molecule has 0 amide bonds. The van der Waals surface area contributed by atoms with E-state index in [1.807, 2.05) is 0 Å². The second-order valence-electron chi connectivity index (χ2n) is 9.29. The van der Waals surface area contributed by atoms with Crippen molar-refractivity contribution in [2.24, 2.45) is 10.9 Å². The number of aromatic nitrogens is 1. The largest absolute Gasteiger partial charge is 0.466 e. The lowest BCUT2D eigenvalue weighted by atomic mass is 9.86. The van der Waals surface area contributed by atoms with Crippen LogP contribution in [0.15, 0.2) is 46.0 Å². The van der Waals surface area contributed by atoms with Crippen molar-refractivity contribution in [3.63, 3.8) is 0 Å². The number of methoxy groups -OCH3 is 1. The third-order valence-corrected chi connectivity index (χ3v) is 10.5. The normalized spacial score (nSPS) is 25.3. The van der Waals surface area contributed by atoms with Crippen molar-refractivity contribution in [3.05, 3.63) is 62.5 Å². The molecule has 37 heavy (non-hydrogen) atoms.